The van der Waals surface area contributed by atoms with Crippen LogP contribution < -0.4 is 16.2 Å². The Labute approximate surface area is 120 Å². The summed E-state index contributed by atoms with van der Waals surface area (Å²) in [5, 5.41) is 0.329. The van der Waals surface area contributed by atoms with Gasteiger partial charge in [0.1, 0.15) is 4.88 Å². The normalized spacial score (nSPS) is 8.89. The molecule has 98 valence electrons. The number of halogens is 2. The minimum Gasteiger partial charge on any atom is -0.390 e. The molecule has 0 radical (unpaired) electrons. The van der Waals surface area contributed by atoms with Crippen LogP contribution in [0.25, 0.3) is 10.4 Å². The number of nitrogen functional groups attached to an aromatic ring is 1. The number of ether oxygens (including phenoxy) is 1. The van der Waals surface area contributed by atoms with E-state index in [1.165, 1.54) is 11.3 Å². The van der Waals surface area contributed by atoms with E-state index in [2.05, 4.69) is 4.98 Å². The SMILES string of the molecule is Cl.Cl.NC(=O)Oc1nc(N)sc1-c1ccccc1. The first kappa shape index (κ1) is 16.5. The maximum atomic E-state index is 10.7. The number of carbonyl (C=O) groups excluding carboxylic acids is 1. The Morgan fingerprint density at radius 1 is 1.22 bits per heavy atom. The van der Waals surface area contributed by atoms with E-state index in [9.17, 15) is 4.79 Å². The summed E-state index contributed by atoms with van der Waals surface area (Å²) in [6.45, 7) is 0. The molecule has 0 saturated carbocycles. The number of amides is 1. The first-order valence-corrected chi connectivity index (χ1v) is 5.27. The predicted octanol–water partition coefficient (Wildman–Crippen LogP) is 2.69. The summed E-state index contributed by atoms with van der Waals surface area (Å²) in [4.78, 5) is 15.3. The number of anilines is 1. The molecule has 8 heteroatoms. The molecule has 0 atom stereocenters. The summed E-state index contributed by atoms with van der Waals surface area (Å²) in [6.07, 6.45) is -0.900. The minimum atomic E-state index is -0.900. The summed E-state index contributed by atoms with van der Waals surface area (Å²) in [6, 6.07) is 9.39. The van der Waals surface area contributed by atoms with Gasteiger partial charge in [0.25, 0.3) is 0 Å². The van der Waals surface area contributed by atoms with Crippen molar-refractivity contribution < 1.29 is 9.53 Å². The Morgan fingerprint density at radius 3 is 2.39 bits per heavy atom. The van der Waals surface area contributed by atoms with Crippen LogP contribution in [-0.4, -0.2) is 11.1 Å². The van der Waals surface area contributed by atoms with E-state index in [0.29, 0.717) is 10.0 Å². The van der Waals surface area contributed by atoms with Crippen molar-refractivity contribution >= 4 is 47.4 Å². The average Bonchev–Trinajstić information content (AvgIpc) is 2.60. The third-order valence-electron chi connectivity index (χ3n) is 1.85. The first-order valence-electron chi connectivity index (χ1n) is 4.46. The molecule has 1 aromatic carbocycles. The average molecular weight is 308 g/mol. The Balaban J connectivity index is 0.00000144. The number of primary amides is 1. The van der Waals surface area contributed by atoms with Crippen LogP contribution in [-0.2, 0) is 0 Å². The van der Waals surface area contributed by atoms with Gasteiger partial charge < -0.3 is 16.2 Å². The molecule has 0 aliphatic carbocycles. The van der Waals surface area contributed by atoms with Crippen molar-refractivity contribution in [1.29, 1.82) is 0 Å². The fourth-order valence-corrected chi connectivity index (χ4v) is 2.02. The van der Waals surface area contributed by atoms with Crippen molar-refractivity contribution in [2.45, 2.75) is 0 Å². The van der Waals surface area contributed by atoms with Gasteiger partial charge in [0, 0.05) is 0 Å². The monoisotopic (exact) mass is 307 g/mol. The molecule has 0 fully saturated rings. The molecule has 1 aromatic heterocycles. The Hall–Kier alpha value is -1.50. The third kappa shape index (κ3) is 3.76. The van der Waals surface area contributed by atoms with Crippen molar-refractivity contribution in [2.75, 3.05) is 5.73 Å². The van der Waals surface area contributed by atoms with Gasteiger partial charge in [-0.05, 0) is 5.56 Å². The van der Waals surface area contributed by atoms with Gasteiger partial charge in [-0.3, -0.25) is 0 Å². The van der Waals surface area contributed by atoms with Gasteiger partial charge in [0.15, 0.2) is 5.13 Å². The molecule has 0 spiro atoms. The van der Waals surface area contributed by atoms with Crippen LogP contribution in [0.15, 0.2) is 30.3 Å². The fourth-order valence-electron chi connectivity index (χ4n) is 1.26. The van der Waals surface area contributed by atoms with Crippen molar-refractivity contribution in [3.63, 3.8) is 0 Å². The molecule has 2 rings (SSSR count). The van der Waals surface area contributed by atoms with Crippen molar-refractivity contribution in [2.24, 2.45) is 5.73 Å². The molecule has 0 bridgehead atoms. The number of aromatic nitrogens is 1. The second-order valence-corrected chi connectivity index (χ2v) is 4.00. The molecule has 5 nitrogen and oxygen atoms in total. The number of nitrogens with two attached hydrogens (primary N) is 2. The van der Waals surface area contributed by atoms with Gasteiger partial charge in [0.2, 0.25) is 5.88 Å². The van der Waals surface area contributed by atoms with Crippen LogP contribution in [0.4, 0.5) is 9.93 Å². The van der Waals surface area contributed by atoms with Gasteiger partial charge in [0.05, 0.1) is 0 Å². The van der Waals surface area contributed by atoms with E-state index < -0.39 is 6.09 Å². The van der Waals surface area contributed by atoms with Crippen molar-refractivity contribution in [3.8, 4) is 16.3 Å². The maximum Gasteiger partial charge on any atom is 0.411 e. The number of benzene rings is 1. The van der Waals surface area contributed by atoms with Crippen LogP contribution in [0.1, 0.15) is 0 Å². The van der Waals surface area contributed by atoms with Crippen LogP contribution in [0.3, 0.4) is 0 Å². The topological polar surface area (TPSA) is 91.2 Å². The van der Waals surface area contributed by atoms with E-state index in [-0.39, 0.29) is 30.7 Å². The molecule has 2 aromatic rings. The summed E-state index contributed by atoms with van der Waals surface area (Å²) < 4.78 is 4.78. The van der Waals surface area contributed by atoms with Crippen LogP contribution >= 0.6 is 36.2 Å². The number of nitrogens with zero attached hydrogens (tertiary/aromatic N) is 1. The van der Waals surface area contributed by atoms with Crippen molar-refractivity contribution in [1.82, 2.24) is 4.98 Å². The number of hydrogen-bond donors (Lipinski definition) is 2. The Morgan fingerprint density at radius 2 is 1.83 bits per heavy atom. The predicted molar refractivity (Wildman–Crippen MR) is 76.7 cm³/mol. The fraction of sp³-hybridized carbons (Fsp3) is 0. The molecule has 1 heterocycles. The number of hydrogen-bond acceptors (Lipinski definition) is 5. The highest BCUT2D eigenvalue weighted by Crippen LogP contribution is 2.36. The smallest absolute Gasteiger partial charge is 0.390 e. The third-order valence-corrected chi connectivity index (χ3v) is 2.76. The van der Waals surface area contributed by atoms with Gasteiger partial charge in [-0.2, -0.15) is 4.98 Å². The Kier molecular flexibility index (Phi) is 6.46. The maximum absolute atomic E-state index is 10.7. The second-order valence-electron chi connectivity index (χ2n) is 2.97. The largest absolute Gasteiger partial charge is 0.411 e. The summed E-state index contributed by atoms with van der Waals surface area (Å²) in [5.74, 6) is 0.154. The van der Waals surface area contributed by atoms with Gasteiger partial charge in [-0.1, -0.05) is 41.7 Å². The summed E-state index contributed by atoms with van der Waals surface area (Å²) in [5.41, 5.74) is 11.4. The highest BCUT2D eigenvalue weighted by molar-refractivity contribution is 7.19. The van der Waals surface area contributed by atoms with Crippen molar-refractivity contribution in [3.05, 3.63) is 30.3 Å². The molecule has 0 aliphatic rings. The lowest BCUT2D eigenvalue weighted by Crippen LogP contribution is -2.16. The second kappa shape index (κ2) is 7.05. The molecular formula is C10H11Cl2N3O2S. The highest BCUT2D eigenvalue weighted by atomic mass is 35.5. The molecule has 1 amide bonds. The van der Waals surface area contributed by atoms with Crippen LogP contribution in [0.2, 0.25) is 0 Å². The lowest BCUT2D eigenvalue weighted by molar-refractivity contribution is 0.209. The Bertz CT molecular complexity index is 519. The van der Waals surface area contributed by atoms with E-state index >= 15 is 0 Å². The van der Waals surface area contributed by atoms with E-state index in [4.69, 9.17) is 16.2 Å². The van der Waals surface area contributed by atoms with E-state index in [1.54, 1.807) is 0 Å². The number of thiazole rings is 1. The summed E-state index contributed by atoms with van der Waals surface area (Å²) in [7, 11) is 0. The molecule has 4 N–H and O–H groups in total. The van der Waals surface area contributed by atoms with Gasteiger partial charge >= 0.3 is 6.09 Å². The first-order chi connectivity index (χ1) is 7.66. The molecular weight excluding hydrogens is 297 g/mol. The van der Waals surface area contributed by atoms with Crippen LogP contribution in [0.5, 0.6) is 5.88 Å². The minimum absolute atomic E-state index is 0. The number of carbonyl (C=O) groups is 1. The van der Waals surface area contributed by atoms with E-state index in [1.807, 2.05) is 30.3 Å². The van der Waals surface area contributed by atoms with Gasteiger partial charge in [-0.15, -0.1) is 24.8 Å². The summed E-state index contributed by atoms with van der Waals surface area (Å²) >= 11 is 1.24. The molecule has 0 aliphatic heterocycles. The molecule has 18 heavy (non-hydrogen) atoms. The highest BCUT2D eigenvalue weighted by Gasteiger charge is 2.14. The standard InChI is InChI=1S/C10H9N3O2S.2ClH/c11-9-13-8(15-10(12)14)7(16-9)6-4-2-1-3-5-6;;/h1-5H,(H2,11,13)(H2,12,14);2*1H. The lowest BCUT2D eigenvalue weighted by Gasteiger charge is -2.00. The zero-order valence-corrected chi connectivity index (χ0v) is 11.5. The number of rotatable bonds is 2. The van der Waals surface area contributed by atoms with Crippen LogP contribution in [0, 0.1) is 0 Å². The zero-order valence-electron chi connectivity index (χ0n) is 9.03. The lowest BCUT2D eigenvalue weighted by atomic mass is 10.2. The molecule has 0 saturated heterocycles. The zero-order chi connectivity index (χ0) is 11.5. The quantitative estimate of drug-likeness (QED) is 0.892. The van der Waals surface area contributed by atoms with E-state index in [0.717, 1.165) is 5.56 Å². The molecule has 0 unspecified atom stereocenters. The van der Waals surface area contributed by atoms with Gasteiger partial charge in [-0.25, -0.2) is 4.79 Å².